The van der Waals surface area contributed by atoms with Crippen molar-refractivity contribution in [2.45, 2.75) is 26.3 Å². The first kappa shape index (κ1) is 15.0. The van der Waals surface area contributed by atoms with Crippen molar-refractivity contribution in [3.8, 4) is 11.3 Å². The molecule has 3 rings (SSSR count). The predicted molar refractivity (Wildman–Crippen MR) is 88.2 cm³/mol. The zero-order valence-electron chi connectivity index (χ0n) is 12.4. The van der Waals surface area contributed by atoms with Crippen LogP contribution in [-0.2, 0) is 11.2 Å². The Hall–Kier alpha value is -1.88. The van der Waals surface area contributed by atoms with E-state index in [4.69, 9.17) is 4.74 Å². The number of fused-ring (bicyclic) bond motifs is 3. The lowest BCUT2D eigenvalue weighted by Gasteiger charge is -2.29. The number of carbonyl (C=O) groups excluding carboxylic acids is 1. The van der Waals surface area contributed by atoms with Gasteiger partial charge < -0.3 is 9.30 Å². The van der Waals surface area contributed by atoms with Gasteiger partial charge in [-0.05, 0) is 31.9 Å². The summed E-state index contributed by atoms with van der Waals surface area (Å²) in [5.41, 5.74) is 2.84. The lowest BCUT2D eigenvalue weighted by atomic mass is 9.93. The zero-order valence-corrected chi connectivity index (χ0v) is 14.0. The van der Waals surface area contributed by atoms with Crippen molar-refractivity contribution in [2.75, 3.05) is 6.61 Å². The molecule has 5 heteroatoms. The van der Waals surface area contributed by atoms with E-state index >= 15 is 0 Å². The van der Waals surface area contributed by atoms with Crippen molar-refractivity contribution in [2.24, 2.45) is 0 Å². The van der Waals surface area contributed by atoms with Crippen LogP contribution >= 0.6 is 15.9 Å². The van der Waals surface area contributed by atoms with Gasteiger partial charge in [-0.2, -0.15) is 0 Å². The number of ether oxygens (including phenoxy) is 1. The molecule has 114 valence electrons. The third-order valence-corrected chi connectivity index (χ3v) is 4.58. The van der Waals surface area contributed by atoms with E-state index in [-0.39, 0.29) is 23.6 Å². The summed E-state index contributed by atoms with van der Waals surface area (Å²) in [4.78, 5) is 24.2. The molecule has 1 aliphatic rings. The number of nitrogens with zero attached hydrogens (tertiary/aromatic N) is 1. The van der Waals surface area contributed by atoms with Gasteiger partial charge in [-0.15, -0.1) is 0 Å². The van der Waals surface area contributed by atoms with Crippen molar-refractivity contribution in [3.63, 3.8) is 0 Å². The number of hydrogen-bond donors (Lipinski definition) is 0. The first-order chi connectivity index (χ1) is 10.5. The summed E-state index contributed by atoms with van der Waals surface area (Å²) in [7, 11) is 0. The summed E-state index contributed by atoms with van der Waals surface area (Å²) in [6.45, 7) is 4.06. The Kier molecular flexibility index (Phi) is 3.91. The Labute approximate surface area is 136 Å². The van der Waals surface area contributed by atoms with Crippen molar-refractivity contribution in [1.29, 1.82) is 0 Å². The molecule has 0 amide bonds. The molecule has 0 saturated heterocycles. The van der Waals surface area contributed by atoms with Crippen LogP contribution in [0.5, 0.6) is 0 Å². The first-order valence-electron chi connectivity index (χ1n) is 7.24. The number of aromatic nitrogens is 1. The minimum atomic E-state index is -0.562. The topological polar surface area (TPSA) is 48.3 Å². The van der Waals surface area contributed by atoms with E-state index < -0.39 is 5.97 Å². The Morgan fingerprint density at radius 3 is 2.95 bits per heavy atom. The lowest BCUT2D eigenvalue weighted by Crippen LogP contribution is -2.25. The Bertz CT molecular complexity index is 810. The van der Waals surface area contributed by atoms with Crippen LogP contribution in [0.15, 0.2) is 39.7 Å². The number of esters is 1. The van der Waals surface area contributed by atoms with Crippen molar-refractivity contribution in [1.82, 2.24) is 4.57 Å². The number of pyridine rings is 1. The summed E-state index contributed by atoms with van der Waals surface area (Å²) in [5, 5.41) is 0. The number of hydrogen-bond acceptors (Lipinski definition) is 3. The molecule has 1 aromatic carbocycles. The van der Waals surface area contributed by atoms with Gasteiger partial charge in [0.15, 0.2) is 5.43 Å². The van der Waals surface area contributed by atoms with Crippen LogP contribution in [0.3, 0.4) is 0 Å². The summed E-state index contributed by atoms with van der Waals surface area (Å²) in [6.07, 6.45) is 2.48. The third-order valence-electron chi connectivity index (χ3n) is 3.92. The molecule has 0 radical (unpaired) electrons. The molecule has 4 nitrogen and oxygen atoms in total. The van der Waals surface area contributed by atoms with Gasteiger partial charge in [0.2, 0.25) is 0 Å². The highest BCUT2D eigenvalue weighted by Gasteiger charge is 2.25. The standard InChI is InChI=1S/C17H16BrNO3/c1-3-22-17(21)12-9-19-10(2)7-11-5-4-6-13(18)16(11)14(19)8-15(12)20/h4-6,8-10H,3,7H2,1-2H3. The lowest BCUT2D eigenvalue weighted by molar-refractivity contribution is 0.0523. The molecule has 1 unspecified atom stereocenters. The van der Waals surface area contributed by atoms with E-state index in [0.717, 1.165) is 22.2 Å². The van der Waals surface area contributed by atoms with E-state index in [0.29, 0.717) is 0 Å². The smallest absolute Gasteiger partial charge is 0.343 e. The minimum Gasteiger partial charge on any atom is -0.462 e. The van der Waals surface area contributed by atoms with Crippen LogP contribution in [0.1, 0.15) is 35.8 Å². The highest BCUT2D eigenvalue weighted by Crippen LogP contribution is 2.38. The second kappa shape index (κ2) is 5.72. The van der Waals surface area contributed by atoms with Gasteiger partial charge >= 0.3 is 5.97 Å². The van der Waals surface area contributed by atoms with E-state index in [2.05, 4.69) is 28.9 Å². The maximum atomic E-state index is 12.3. The van der Waals surface area contributed by atoms with Crippen LogP contribution in [0, 0.1) is 0 Å². The molecule has 22 heavy (non-hydrogen) atoms. The average molecular weight is 362 g/mol. The van der Waals surface area contributed by atoms with E-state index in [9.17, 15) is 9.59 Å². The third kappa shape index (κ3) is 2.39. The molecule has 0 bridgehead atoms. The molecule has 0 fully saturated rings. The molecule has 1 atom stereocenters. The fourth-order valence-electron chi connectivity index (χ4n) is 2.92. The fraction of sp³-hybridized carbons (Fsp3) is 0.294. The molecule has 2 aromatic rings. The molecular weight excluding hydrogens is 346 g/mol. The fourth-order valence-corrected chi connectivity index (χ4v) is 3.53. The van der Waals surface area contributed by atoms with Crippen LogP contribution in [0.4, 0.5) is 0 Å². The minimum absolute atomic E-state index is 0.0907. The summed E-state index contributed by atoms with van der Waals surface area (Å²) < 4.78 is 7.91. The van der Waals surface area contributed by atoms with Crippen LogP contribution in [-0.4, -0.2) is 17.1 Å². The second-order valence-electron chi connectivity index (χ2n) is 5.39. The maximum absolute atomic E-state index is 12.3. The predicted octanol–water partition coefficient (Wildman–Crippen LogP) is 3.57. The molecule has 0 aliphatic carbocycles. The van der Waals surface area contributed by atoms with Crippen molar-refractivity contribution >= 4 is 21.9 Å². The molecule has 2 heterocycles. The van der Waals surface area contributed by atoms with Gasteiger partial charge in [0.1, 0.15) is 5.56 Å². The highest BCUT2D eigenvalue weighted by atomic mass is 79.9. The molecule has 0 N–H and O–H groups in total. The zero-order chi connectivity index (χ0) is 15.9. The average Bonchev–Trinajstić information content (AvgIpc) is 2.46. The van der Waals surface area contributed by atoms with Gasteiger partial charge in [0.05, 0.1) is 12.3 Å². The molecule has 1 aromatic heterocycles. The van der Waals surface area contributed by atoms with Gasteiger partial charge in [-0.1, -0.05) is 28.1 Å². The second-order valence-corrected chi connectivity index (χ2v) is 6.25. The molecule has 0 spiro atoms. The number of benzene rings is 1. The number of halogens is 1. The van der Waals surface area contributed by atoms with Crippen LogP contribution in [0.2, 0.25) is 0 Å². The normalized spacial score (nSPS) is 15.9. The molecule has 0 saturated carbocycles. The summed E-state index contributed by atoms with van der Waals surface area (Å²) in [5.74, 6) is -0.562. The largest absolute Gasteiger partial charge is 0.462 e. The SMILES string of the molecule is CCOC(=O)c1cn2c(cc1=O)-c1c(Br)cccc1CC2C. The number of carbonyl (C=O) groups is 1. The Balaban J connectivity index is 2.23. The van der Waals surface area contributed by atoms with Crippen molar-refractivity contribution in [3.05, 3.63) is 56.3 Å². The van der Waals surface area contributed by atoms with Gasteiger partial charge in [-0.3, -0.25) is 4.79 Å². The maximum Gasteiger partial charge on any atom is 0.343 e. The summed E-state index contributed by atoms with van der Waals surface area (Å²) in [6, 6.07) is 7.74. The van der Waals surface area contributed by atoms with Crippen molar-refractivity contribution < 1.29 is 9.53 Å². The highest BCUT2D eigenvalue weighted by molar-refractivity contribution is 9.10. The van der Waals surface area contributed by atoms with Gasteiger partial charge in [-0.25, -0.2) is 4.79 Å². The van der Waals surface area contributed by atoms with Crippen LogP contribution in [0.25, 0.3) is 11.3 Å². The number of rotatable bonds is 2. The quantitative estimate of drug-likeness (QED) is 0.768. The van der Waals surface area contributed by atoms with Gasteiger partial charge in [0, 0.05) is 28.3 Å². The monoisotopic (exact) mass is 361 g/mol. The van der Waals surface area contributed by atoms with E-state index in [1.807, 2.05) is 16.7 Å². The van der Waals surface area contributed by atoms with E-state index in [1.54, 1.807) is 13.1 Å². The van der Waals surface area contributed by atoms with Gasteiger partial charge in [0.25, 0.3) is 0 Å². The Morgan fingerprint density at radius 1 is 1.45 bits per heavy atom. The molecule has 1 aliphatic heterocycles. The van der Waals surface area contributed by atoms with Crippen LogP contribution < -0.4 is 5.43 Å². The summed E-state index contributed by atoms with van der Waals surface area (Å²) >= 11 is 3.56. The Morgan fingerprint density at radius 2 is 2.23 bits per heavy atom. The van der Waals surface area contributed by atoms with E-state index in [1.165, 1.54) is 11.6 Å². The molecular formula is C17H16BrNO3. The first-order valence-corrected chi connectivity index (χ1v) is 8.03.